The summed E-state index contributed by atoms with van der Waals surface area (Å²) in [7, 11) is -3.47. The lowest BCUT2D eigenvalue weighted by Crippen LogP contribution is -2.35. The highest BCUT2D eigenvalue weighted by atomic mass is 35.5. The predicted molar refractivity (Wildman–Crippen MR) is 92.0 cm³/mol. The number of rotatable bonds is 7. The molecule has 9 heteroatoms. The van der Waals surface area contributed by atoms with E-state index < -0.39 is 15.4 Å². The highest BCUT2D eigenvalue weighted by Crippen LogP contribution is 2.21. The molecule has 0 fully saturated rings. The minimum Gasteiger partial charge on any atom is -0.355 e. The Kier molecular flexibility index (Phi) is 8.56. The van der Waals surface area contributed by atoms with Crippen LogP contribution in [0.1, 0.15) is 25.6 Å². The topological polar surface area (TPSA) is 101 Å². The van der Waals surface area contributed by atoms with E-state index in [-0.39, 0.29) is 35.6 Å². The van der Waals surface area contributed by atoms with Crippen LogP contribution in [-0.2, 0) is 21.2 Å². The van der Waals surface area contributed by atoms with E-state index in [9.17, 15) is 13.2 Å². The largest absolute Gasteiger partial charge is 0.355 e. The number of halogens is 1. The molecule has 0 aliphatic rings. The van der Waals surface area contributed by atoms with E-state index in [2.05, 4.69) is 10.0 Å². The zero-order valence-electron chi connectivity index (χ0n) is 13.0. The number of carbonyl (C=O) groups excluding carboxylic acids is 1. The summed E-state index contributed by atoms with van der Waals surface area (Å²) < 4.78 is 26.5. The molecule has 0 aliphatic heterocycles. The van der Waals surface area contributed by atoms with Gasteiger partial charge in [0.25, 0.3) is 0 Å². The minimum absolute atomic E-state index is 0. The third kappa shape index (κ3) is 6.62. The van der Waals surface area contributed by atoms with Gasteiger partial charge in [-0.1, -0.05) is 20.8 Å². The maximum absolute atomic E-state index is 11.9. The Hall–Kier alpha value is -0.670. The molecule has 0 radical (unpaired) electrons. The number of sulfonamides is 1. The molecular formula is C13H24ClN3O3S2. The van der Waals surface area contributed by atoms with Gasteiger partial charge in [0.05, 0.1) is 0 Å². The van der Waals surface area contributed by atoms with Gasteiger partial charge < -0.3 is 11.1 Å². The summed E-state index contributed by atoms with van der Waals surface area (Å²) in [6, 6.07) is 3.34. The van der Waals surface area contributed by atoms with E-state index in [1.165, 1.54) is 11.3 Å². The fraction of sp³-hybridized carbons (Fsp3) is 0.615. The molecule has 0 bridgehead atoms. The molecule has 1 heterocycles. The molecule has 128 valence electrons. The van der Waals surface area contributed by atoms with E-state index >= 15 is 0 Å². The van der Waals surface area contributed by atoms with Crippen LogP contribution in [0.2, 0.25) is 0 Å². The number of carbonyl (C=O) groups is 1. The van der Waals surface area contributed by atoms with Crippen LogP contribution in [0, 0.1) is 5.41 Å². The van der Waals surface area contributed by atoms with Gasteiger partial charge in [-0.25, -0.2) is 13.1 Å². The summed E-state index contributed by atoms with van der Waals surface area (Å²) in [6.45, 7) is 6.52. The molecule has 0 saturated carbocycles. The van der Waals surface area contributed by atoms with Crippen LogP contribution in [-0.4, -0.2) is 34.0 Å². The van der Waals surface area contributed by atoms with Crippen molar-refractivity contribution in [2.75, 3.05) is 19.6 Å². The van der Waals surface area contributed by atoms with Crippen molar-refractivity contribution < 1.29 is 13.2 Å². The summed E-state index contributed by atoms with van der Waals surface area (Å²) in [5.74, 6) is -0.0171. The molecule has 0 unspecified atom stereocenters. The zero-order chi connectivity index (χ0) is 16.1. The maximum Gasteiger partial charge on any atom is 0.250 e. The van der Waals surface area contributed by atoms with Gasteiger partial charge in [-0.2, -0.15) is 0 Å². The molecule has 0 aromatic carbocycles. The van der Waals surface area contributed by atoms with Crippen molar-refractivity contribution >= 4 is 39.7 Å². The Balaban J connectivity index is 0.00000441. The molecule has 0 spiro atoms. The van der Waals surface area contributed by atoms with Crippen molar-refractivity contribution in [3.63, 3.8) is 0 Å². The fourth-order valence-electron chi connectivity index (χ4n) is 1.47. The minimum atomic E-state index is -3.47. The van der Waals surface area contributed by atoms with E-state index in [1.807, 2.05) is 20.8 Å². The summed E-state index contributed by atoms with van der Waals surface area (Å²) >= 11 is 1.21. The maximum atomic E-state index is 11.9. The van der Waals surface area contributed by atoms with Gasteiger partial charge in [-0.3, -0.25) is 4.79 Å². The van der Waals surface area contributed by atoms with Gasteiger partial charge in [0, 0.05) is 29.9 Å². The third-order valence-corrected chi connectivity index (χ3v) is 5.77. The molecule has 4 N–H and O–H groups in total. The number of nitrogens with two attached hydrogens (primary N) is 1. The molecule has 0 atom stereocenters. The number of hydrogen-bond donors (Lipinski definition) is 3. The van der Waals surface area contributed by atoms with Crippen LogP contribution in [0.5, 0.6) is 0 Å². The van der Waals surface area contributed by atoms with Gasteiger partial charge in [0.1, 0.15) is 4.21 Å². The van der Waals surface area contributed by atoms with Gasteiger partial charge in [0.2, 0.25) is 15.9 Å². The average molecular weight is 370 g/mol. The van der Waals surface area contributed by atoms with Gasteiger partial charge in [-0.05, 0) is 18.6 Å². The molecule has 6 nitrogen and oxygen atoms in total. The first kappa shape index (κ1) is 21.3. The second-order valence-corrected chi connectivity index (χ2v) is 8.83. The summed E-state index contributed by atoms with van der Waals surface area (Å²) in [5, 5.41) is 2.84. The Morgan fingerprint density at radius 1 is 1.27 bits per heavy atom. The normalized spacial score (nSPS) is 11.8. The standard InChI is InChI=1S/C13H23N3O3S2.ClH/c1-13(2,3)12(17)15-8-6-10-4-5-11(20-10)21(18,19)16-9-7-14;/h4-5,16H,6-9,14H2,1-3H3,(H,15,17);1H. The number of hydrogen-bond acceptors (Lipinski definition) is 5. The van der Waals surface area contributed by atoms with E-state index in [1.54, 1.807) is 12.1 Å². The van der Waals surface area contributed by atoms with E-state index in [0.717, 1.165) is 4.88 Å². The van der Waals surface area contributed by atoms with E-state index in [4.69, 9.17) is 5.73 Å². The second kappa shape index (κ2) is 8.83. The molecule has 1 aromatic rings. The lowest BCUT2D eigenvalue weighted by Gasteiger charge is -2.17. The molecule has 0 saturated heterocycles. The molecule has 0 aliphatic carbocycles. The van der Waals surface area contributed by atoms with Crippen LogP contribution in [0.25, 0.3) is 0 Å². The summed E-state index contributed by atoms with van der Waals surface area (Å²) in [5.41, 5.74) is 4.86. The van der Waals surface area contributed by atoms with Crippen molar-refractivity contribution in [1.82, 2.24) is 10.0 Å². The van der Waals surface area contributed by atoms with Crippen LogP contribution in [0.15, 0.2) is 16.3 Å². The molecule has 1 aromatic heterocycles. The van der Waals surface area contributed by atoms with Crippen molar-refractivity contribution in [3.8, 4) is 0 Å². The highest BCUT2D eigenvalue weighted by Gasteiger charge is 2.20. The first-order chi connectivity index (χ1) is 9.66. The monoisotopic (exact) mass is 369 g/mol. The van der Waals surface area contributed by atoms with Gasteiger partial charge in [0.15, 0.2) is 0 Å². The lowest BCUT2D eigenvalue weighted by molar-refractivity contribution is -0.128. The van der Waals surface area contributed by atoms with Crippen molar-refractivity contribution in [2.24, 2.45) is 11.1 Å². The van der Waals surface area contributed by atoms with Gasteiger partial charge in [-0.15, -0.1) is 23.7 Å². The van der Waals surface area contributed by atoms with Crippen LogP contribution in [0.4, 0.5) is 0 Å². The molecule has 1 rings (SSSR count). The first-order valence-corrected chi connectivity index (χ1v) is 9.03. The average Bonchev–Trinajstić information content (AvgIpc) is 2.85. The van der Waals surface area contributed by atoms with Crippen molar-refractivity contribution in [1.29, 1.82) is 0 Å². The quantitative estimate of drug-likeness (QED) is 0.670. The first-order valence-electron chi connectivity index (χ1n) is 6.73. The summed E-state index contributed by atoms with van der Waals surface area (Å²) in [6.07, 6.45) is 0.610. The van der Waals surface area contributed by atoms with Crippen molar-refractivity contribution in [2.45, 2.75) is 31.4 Å². The number of nitrogens with one attached hydrogen (secondary N) is 2. The Labute approximate surface area is 142 Å². The predicted octanol–water partition coefficient (Wildman–Crippen LogP) is 1.11. The molecule has 1 amide bonds. The lowest BCUT2D eigenvalue weighted by atomic mass is 9.96. The zero-order valence-corrected chi connectivity index (χ0v) is 15.5. The summed E-state index contributed by atoms with van der Waals surface area (Å²) in [4.78, 5) is 12.6. The van der Waals surface area contributed by atoms with Crippen LogP contribution in [0.3, 0.4) is 0 Å². The Morgan fingerprint density at radius 2 is 1.91 bits per heavy atom. The number of amides is 1. The third-order valence-electron chi connectivity index (χ3n) is 2.68. The fourth-order valence-corrected chi connectivity index (χ4v) is 3.91. The SMILES string of the molecule is CC(C)(C)C(=O)NCCc1ccc(S(=O)(=O)NCCN)s1.Cl. The van der Waals surface area contributed by atoms with Crippen molar-refractivity contribution in [3.05, 3.63) is 17.0 Å². The van der Waals surface area contributed by atoms with E-state index in [0.29, 0.717) is 13.0 Å². The Bertz CT molecular complexity index is 580. The van der Waals surface area contributed by atoms with Crippen LogP contribution >= 0.6 is 23.7 Å². The van der Waals surface area contributed by atoms with Gasteiger partial charge >= 0.3 is 0 Å². The molecular weight excluding hydrogens is 346 g/mol. The van der Waals surface area contributed by atoms with Crippen LogP contribution < -0.4 is 15.8 Å². The smallest absolute Gasteiger partial charge is 0.250 e. The Morgan fingerprint density at radius 3 is 2.45 bits per heavy atom. The second-order valence-electron chi connectivity index (χ2n) is 5.66. The highest BCUT2D eigenvalue weighted by molar-refractivity contribution is 7.91. The number of thiophene rings is 1. The molecule has 22 heavy (non-hydrogen) atoms.